The molecule has 3 heterocycles. The zero-order chi connectivity index (χ0) is 24.0. The quantitative estimate of drug-likeness (QED) is 0.296. The zero-order valence-corrected chi connectivity index (χ0v) is 21.6. The summed E-state index contributed by atoms with van der Waals surface area (Å²) >= 11 is 9.50. The second-order valence-corrected chi connectivity index (χ2v) is 9.85. The molecule has 34 heavy (non-hydrogen) atoms. The number of anilines is 1. The van der Waals surface area contributed by atoms with Crippen molar-refractivity contribution in [2.75, 3.05) is 4.90 Å². The highest BCUT2D eigenvalue weighted by Gasteiger charge is 2.42. The first-order chi connectivity index (χ1) is 16.3. The third-order valence-electron chi connectivity index (χ3n) is 6.41. The van der Waals surface area contributed by atoms with Gasteiger partial charge in [-0.15, -0.1) is 0 Å². The number of aromatic hydroxyl groups is 1. The van der Waals surface area contributed by atoms with Gasteiger partial charge < -0.3 is 19.9 Å². The van der Waals surface area contributed by atoms with E-state index in [0.29, 0.717) is 5.11 Å². The van der Waals surface area contributed by atoms with Crippen LogP contribution in [0.25, 0.3) is 5.69 Å². The predicted octanol–water partition coefficient (Wildman–Crippen LogP) is 6.44. The fourth-order valence-electron chi connectivity index (χ4n) is 4.81. The van der Waals surface area contributed by atoms with E-state index in [2.05, 4.69) is 80.7 Å². The van der Waals surface area contributed by atoms with Crippen molar-refractivity contribution in [3.05, 3.63) is 106 Å². The van der Waals surface area contributed by atoms with Gasteiger partial charge in [-0.3, -0.25) is 4.98 Å². The summed E-state index contributed by atoms with van der Waals surface area (Å²) in [5.41, 5.74) is 7.55. The van der Waals surface area contributed by atoms with Gasteiger partial charge >= 0.3 is 0 Å². The molecule has 0 bridgehead atoms. The van der Waals surface area contributed by atoms with Crippen LogP contribution < -0.4 is 10.2 Å². The molecule has 5 rings (SSSR count). The van der Waals surface area contributed by atoms with Crippen molar-refractivity contribution >= 4 is 38.9 Å². The molecule has 2 N–H and O–H groups in total. The number of aromatic nitrogens is 2. The molecule has 1 aliphatic rings. The Bertz CT molecular complexity index is 1370. The molecule has 5 nitrogen and oxygen atoms in total. The van der Waals surface area contributed by atoms with Crippen LogP contribution in [-0.2, 0) is 0 Å². The van der Waals surface area contributed by atoms with Gasteiger partial charge in [-0.1, -0.05) is 22.0 Å². The maximum Gasteiger partial charge on any atom is 0.174 e. The first-order valence-electron chi connectivity index (χ1n) is 11.1. The number of thiocarbonyl (C=S) groups is 1. The van der Waals surface area contributed by atoms with E-state index < -0.39 is 0 Å². The van der Waals surface area contributed by atoms with Crippen LogP contribution >= 0.6 is 28.1 Å². The summed E-state index contributed by atoms with van der Waals surface area (Å²) in [7, 11) is 0. The van der Waals surface area contributed by atoms with Crippen LogP contribution in [0, 0.1) is 20.8 Å². The molecule has 2 aromatic carbocycles. The van der Waals surface area contributed by atoms with E-state index in [9.17, 15) is 5.11 Å². The van der Waals surface area contributed by atoms with Crippen molar-refractivity contribution in [1.82, 2.24) is 14.9 Å². The highest BCUT2D eigenvalue weighted by molar-refractivity contribution is 9.10. The molecule has 0 amide bonds. The summed E-state index contributed by atoms with van der Waals surface area (Å²) in [5, 5.41) is 14.0. The van der Waals surface area contributed by atoms with Gasteiger partial charge in [0.05, 0.1) is 17.8 Å². The Labute approximate surface area is 213 Å². The molecule has 0 aliphatic carbocycles. The number of phenolic OH excluding ortho intramolecular Hbond substituents is 1. The Kier molecular flexibility index (Phi) is 5.91. The minimum atomic E-state index is -0.105. The van der Waals surface area contributed by atoms with E-state index in [0.717, 1.165) is 38.5 Å². The smallest absolute Gasteiger partial charge is 0.174 e. The number of hydrogen-bond acceptors (Lipinski definition) is 3. The largest absolute Gasteiger partial charge is 0.508 e. The van der Waals surface area contributed by atoms with Crippen molar-refractivity contribution in [2.45, 2.75) is 32.9 Å². The summed E-state index contributed by atoms with van der Waals surface area (Å²) in [6, 6.07) is 21.6. The Morgan fingerprint density at radius 2 is 1.71 bits per heavy atom. The minimum Gasteiger partial charge on any atom is -0.508 e. The molecule has 2 aromatic heterocycles. The number of phenols is 1. The molecule has 2 atom stereocenters. The molecule has 1 aliphatic heterocycles. The van der Waals surface area contributed by atoms with Crippen molar-refractivity contribution < 1.29 is 5.11 Å². The summed E-state index contributed by atoms with van der Waals surface area (Å²) < 4.78 is 3.29. The average molecular weight is 533 g/mol. The topological polar surface area (TPSA) is 53.3 Å². The van der Waals surface area contributed by atoms with Crippen LogP contribution in [0.1, 0.15) is 40.3 Å². The average Bonchev–Trinajstić information content (AvgIpc) is 3.32. The molecule has 1 saturated heterocycles. The van der Waals surface area contributed by atoms with Gasteiger partial charge in [0.15, 0.2) is 5.11 Å². The molecule has 0 radical (unpaired) electrons. The van der Waals surface area contributed by atoms with E-state index in [-0.39, 0.29) is 17.8 Å². The second-order valence-electron chi connectivity index (χ2n) is 8.61. The van der Waals surface area contributed by atoms with Gasteiger partial charge in [0, 0.05) is 33.4 Å². The van der Waals surface area contributed by atoms with Crippen LogP contribution in [-0.4, -0.2) is 19.8 Å². The van der Waals surface area contributed by atoms with Crippen LogP contribution in [0.2, 0.25) is 0 Å². The lowest BCUT2D eigenvalue weighted by molar-refractivity contribution is 0.475. The Morgan fingerprint density at radius 3 is 2.38 bits per heavy atom. The highest BCUT2D eigenvalue weighted by atomic mass is 79.9. The summed E-state index contributed by atoms with van der Waals surface area (Å²) in [4.78, 5) is 6.87. The third-order valence-corrected chi connectivity index (χ3v) is 7.62. The van der Waals surface area contributed by atoms with Crippen LogP contribution in [0.5, 0.6) is 5.75 Å². The highest BCUT2D eigenvalue weighted by Crippen LogP contribution is 2.44. The first kappa shape index (κ1) is 22.6. The van der Waals surface area contributed by atoms with Crippen molar-refractivity contribution in [2.24, 2.45) is 0 Å². The van der Waals surface area contributed by atoms with Gasteiger partial charge in [-0.2, -0.15) is 0 Å². The predicted molar refractivity (Wildman–Crippen MR) is 144 cm³/mol. The summed E-state index contributed by atoms with van der Waals surface area (Å²) in [5.74, 6) is 0.253. The lowest BCUT2D eigenvalue weighted by Gasteiger charge is -2.28. The van der Waals surface area contributed by atoms with E-state index in [1.54, 1.807) is 12.1 Å². The van der Waals surface area contributed by atoms with Crippen LogP contribution in [0.15, 0.2) is 77.4 Å². The van der Waals surface area contributed by atoms with Gasteiger partial charge in [-0.25, -0.2) is 0 Å². The Hall–Kier alpha value is -3.16. The number of pyridine rings is 1. The fourth-order valence-corrected chi connectivity index (χ4v) is 5.41. The van der Waals surface area contributed by atoms with Gasteiger partial charge in [-0.05, 0) is 105 Å². The normalized spacial score (nSPS) is 17.8. The number of benzene rings is 2. The zero-order valence-electron chi connectivity index (χ0n) is 19.2. The number of rotatable bonds is 4. The molecule has 7 heteroatoms. The standard InChI is InChI=1S/C27H25BrN4OS/c1-16-14-20(9-12-23(16)28)32-26(25(30-27(32)34)24-6-4-5-13-29-24)22-15-17(2)31(18(22)3)19-7-10-21(33)11-8-19/h4-15,25-26,33H,1-3H3,(H,30,34). The van der Waals surface area contributed by atoms with Gasteiger partial charge in [0.25, 0.3) is 0 Å². The number of halogens is 1. The van der Waals surface area contributed by atoms with Gasteiger partial charge in [0.1, 0.15) is 5.75 Å². The lowest BCUT2D eigenvalue weighted by Crippen LogP contribution is -2.29. The van der Waals surface area contributed by atoms with E-state index in [1.807, 2.05) is 36.5 Å². The second kappa shape index (κ2) is 8.89. The summed E-state index contributed by atoms with van der Waals surface area (Å²) in [6.07, 6.45) is 1.82. The molecule has 1 fully saturated rings. The lowest BCUT2D eigenvalue weighted by atomic mass is 9.96. The number of nitrogens with zero attached hydrogens (tertiary/aromatic N) is 3. The van der Waals surface area contributed by atoms with E-state index in [1.165, 1.54) is 5.56 Å². The molecular formula is C27H25BrN4OS. The summed E-state index contributed by atoms with van der Waals surface area (Å²) in [6.45, 7) is 6.33. The monoisotopic (exact) mass is 532 g/mol. The van der Waals surface area contributed by atoms with E-state index in [4.69, 9.17) is 12.2 Å². The number of nitrogens with one attached hydrogen (secondary N) is 1. The molecule has 172 valence electrons. The third kappa shape index (κ3) is 3.89. The SMILES string of the molecule is Cc1cc(N2C(=S)NC(c3ccccn3)C2c2cc(C)n(-c3ccc(O)cc3)c2C)ccc1Br. The molecule has 0 spiro atoms. The first-order valence-corrected chi connectivity index (χ1v) is 12.3. The van der Waals surface area contributed by atoms with E-state index >= 15 is 0 Å². The molecular weight excluding hydrogens is 508 g/mol. The number of hydrogen-bond donors (Lipinski definition) is 2. The Morgan fingerprint density at radius 1 is 0.971 bits per heavy atom. The van der Waals surface area contributed by atoms with Crippen LogP contribution in [0.3, 0.4) is 0 Å². The Balaban J connectivity index is 1.68. The maximum atomic E-state index is 9.76. The van der Waals surface area contributed by atoms with Crippen molar-refractivity contribution in [3.8, 4) is 11.4 Å². The molecule has 4 aromatic rings. The van der Waals surface area contributed by atoms with Crippen LogP contribution in [0.4, 0.5) is 5.69 Å². The van der Waals surface area contributed by atoms with Gasteiger partial charge in [0.2, 0.25) is 0 Å². The van der Waals surface area contributed by atoms with Crippen molar-refractivity contribution in [1.29, 1.82) is 0 Å². The molecule has 2 unspecified atom stereocenters. The molecule has 0 saturated carbocycles. The maximum absolute atomic E-state index is 9.76. The fraction of sp³-hybridized carbons (Fsp3) is 0.185. The minimum absolute atomic E-state index is 0.0833. The number of aryl methyl sites for hydroxylation is 2. The van der Waals surface area contributed by atoms with Crippen molar-refractivity contribution in [3.63, 3.8) is 0 Å².